The summed E-state index contributed by atoms with van der Waals surface area (Å²) in [5, 5.41) is -6.46. The number of hydrogen-bond donors (Lipinski definition) is 0. The highest BCUT2D eigenvalue weighted by atomic mass is 35.5. The van der Waals surface area contributed by atoms with Crippen LogP contribution in [0, 0.1) is 0 Å². The summed E-state index contributed by atoms with van der Waals surface area (Å²) >= 11 is 134. The van der Waals surface area contributed by atoms with Crippen molar-refractivity contribution >= 4 is 260 Å². The number of hydrogen-bond acceptors (Lipinski definition) is 0. The predicted molar refractivity (Wildman–Crippen MR) is 210 cm³/mol. The van der Waals surface area contributed by atoms with Crippen LogP contribution >= 0.6 is 232 Å². The molecule has 21 heteroatoms. The van der Waals surface area contributed by atoms with Gasteiger partial charge in [-0.25, -0.2) is 0 Å². The van der Waals surface area contributed by atoms with E-state index < -0.39 is 6.15 Å². The van der Waals surface area contributed by atoms with Gasteiger partial charge < -0.3 is 0 Å². The maximum absolute atomic E-state index is 6.98. The first-order valence-corrected chi connectivity index (χ1v) is 18.5. The van der Waals surface area contributed by atoms with Gasteiger partial charge in [-0.1, -0.05) is 232 Å². The summed E-state index contributed by atoms with van der Waals surface area (Å²) in [5.41, 5.74) is -1.03. The predicted octanol–water partition coefficient (Wildman–Crippen LogP) is 16.1. The van der Waals surface area contributed by atoms with Crippen molar-refractivity contribution < 1.29 is 0 Å². The van der Waals surface area contributed by atoms with Crippen LogP contribution in [-0.4, -0.2) is 6.15 Å². The van der Waals surface area contributed by atoms with Gasteiger partial charge in [0.15, 0.2) is 0 Å². The topological polar surface area (TPSA) is 0 Å². The first kappa shape index (κ1) is 40.5. The van der Waals surface area contributed by atoms with E-state index in [2.05, 4.69) is 0 Å². The highest BCUT2D eigenvalue weighted by Gasteiger charge is 2.47. The molecule has 4 aromatic carbocycles. The second-order valence-corrected chi connectivity index (χ2v) is 16.4. The summed E-state index contributed by atoms with van der Waals surface area (Å²) in [6, 6.07) is 0. The van der Waals surface area contributed by atoms with Gasteiger partial charge in [-0.2, -0.15) is 21.9 Å². The van der Waals surface area contributed by atoms with E-state index in [-0.39, 0.29) is 122 Å². The van der Waals surface area contributed by atoms with E-state index in [9.17, 15) is 0 Å². The SMILES string of the molecule is Clc1c(Cl)c(Cl)c([B-](c2c(Cl)c(Cl)c(Cl)c(Cl)c2Cl)(c2c(Cl)c(Cl)c(Cl)c(Cl)c2Cl)c2c(Cl)c(Cl)c(Cl)c(Cl)c2Cl)c(Cl)c1Cl. The van der Waals surface area contributed by atoms with E-state index in [1.807, 2.05) is 0 Å². The third-order valence-corrected chi connectivity index (χ3v) is 15.9. The summed E-state index contributed by atoms with van der Waals surface area (Å²) in [4.78, 5) is 0. The molecule has 4 rings (SSSR count). The molecule has 0 heterocycles. The zero-order valence-electron chi connectivity index (χ0n) is 20.1. The third-order valence-electron chi connectivity index (χ3n) is 6.71. The quantitative estimate of drug-likeness (QED) is 0.109. The first-order valence-electron chi connectivity index (χ1n) is 10.9. The van der Waals surface area contributed by atoms with Crippen molar-refractivity contribution in [3.63, 3.8) is 0 Å². The van der Waals surface area contributed by atoms with E-state index in [0.29, 0.717) is 0 Å². The Morgan fingerprint density at radius 1 is 0.156 bits per heavy atom. The summed E-state index contributed by atoms with van der Waals surface area (Å²) in [6.45, 7) is 0. The molecule has 0 aliphatic rings. The maximum Gasteiger partial charge on any atom is 0.123 e. The third kappa shape index (κ3) is 6.21. The van der Waals surface area contributed by atoms with E-state index in [1.54, 1.807) is 0 Å². The molecule has 0 spiro atoms. The molecular weight excluding hydrogens is 1010 g/mol. The Hall–Kier alpha value is 2.74. The van der Waals surface area contributed by atoms with Gasteiger partial charge in [-0.05, 0) is 0 Å². The molecule has 240 valence electrons. The van der Waals surface area contributed by atoms with Crippen molar-refractivity contribution in [1.82, 2.24) is 0 Å². The lowest BCUT2D eigenvalue weighted by molar-refractivity contribution is 1.64. The van der Waals surface area contributed by atoms with Crippen molar-refractivity contribution in [2.75, 3.05) is 0 Å². The van der Waals surface area contributed by atoms with E-state index in [0.717, 1.165) is 0 Å². The van der Waals surface area contributed by atoms with Crippen LogP contribution in [0.25, 0.3) is 0 Å². The molecule has 0 N–H and O–H groups in total. The fraction of sp³-hybridized carbons (Fsp3) is 0. The van der Waals surface area contributed by atoms with Gasteiger partial charge >= 0.3 is 0 Å². The molecule has 0 radical (unpaired) electrons. The molecule has 0 amide bonds. The molecule has 0 unspecified atom stereocenters. The number of halogens is 20. The summed E-state index contributed by atoms with van der Waals surface area (Å²) in [7, 11) is 0. The van der Waals surface area contributed by atoms with Gasteiger partial charge in [0.1, 0.15) is 6.15 Å². The van der Waals surface area contributed by atoms with Crippen LogP contribution in [0.3, 0.4) is 0 Å². The Morgan fingerprint density at radius 2 is 0.244 bits per heavy atom. The molecule has 0 saturated heterocycles. The monoisotopic (exact) mass is 998 g/mol. The van der Waals surface area contributed by atoms with Crippen molar-refractivity contribution in [1.29, 1.82) is 0 Å². The van der Waals surface area contributed by atoms with Crippen LogP contribution in [0.15, 0.2) is 0 Å². The van der Waals surface area contributed by atoms with Crippen LogP contribution in [0.4, 0.5) is 0 Å². The van der Waals surface area contributed by atoms with Crippen LogP contribution in [0.1, 0.15) is 0 Å². The largest absolute Gasteiger partial charge is 0.155 e. The molecule has 0 aromatic heterocycles. The minimum Gasteiger partial charge on any atom is -0.155 e. The second kappa shape index (κ2) is 15.0. The zero-order chi connectivity index (χ0) is 34.4. The van der Waals surface area contributed by atoms with Gasteiger partial charge in [0.25, 0.3) is 0 Å². The lowest BCUT2D eigenvalue weighted by Gasteiger charge is -2.49. The Morgan fingerprint density at radius 3 is 0.356 bits per heavy atom. The molecule has 0 nitrogen and oxygen atoms in total. The normalized spacial score (nSPS) is 12.0. The minimum absolute atomic E-state index is 0.250. The standard InChI is InChI=1S/C24BCl20/c26-5-1(6(27)14(35)21(42)13(5)34)25(2-7(28)15(36)22(43)16(37)8(2)29,3-9(30)17(38)23(44)18(39)10(3)31)4-11(32)19(40)24(45)20(41)12(4)33/q-1. The Balaban J connectivity index is 2.69. The van der Waals surface area contributed by atoms with E-state index in [4.69, 9.17) is 232 Å². The maximum atomic E-state index is 6.98. The molecule has 0 fully saturated rings. The summed E-state index contributed by atoms with van der Waals surface area (Å²) in [5.74, 6) is 0. The Labute approximate surface area is 355 Å². The highest BCUT2D eigenvalue weighted by Crippen LogP contribution is 2.49. The molecule has 0 aliphatic carbocycles. The van der Waals surface area contributed by atoms with Gasteiger partial charge in [0.2, 0.25) is 0 Å². The zero-order valence-corrected chi connectivity index (χ0v) is 35.3. The van der Waals surface area contributed by atoms with Gasteiger partial charge in [0.05, 0.1) is 60.3 Å². The molecule has 0 bridgehead atoms. The first-order chi connectivity index (χ1) is 20.7. The van der Waals surface area contributed by atoms with Crippen molar-refractivity contribution in [2.24, 2.45) is 0 Å². The van der Waals surface area contributed by atoms with Crippen molar-refractivity contribution in [3.05, 3.63) is 100 Å². The van der Waals surface area contributed by atoms with E-state index >= 15 is 0 Å². The fourth-order valence-corrected chi connectivity index (χ4v) is 10.8. The van der Waals surface area contributed by atoms with Gasteiger partial charge in [0, 0.05) is 40.2 Å². The molecule has 45 heavy (non-hydrogen) atoms. The molecule has 0 saturated carbocycles. The Kier molecular flexibility index (Phi) is 13.5. The lowest BCUT2D eigenvalue weighted by Crippen LogP contribution is -2.77. The van der Waals surface area contributed by atoms with Crippen LogP contribution in [0.2, 0.25) is 100 Å². The number of benzene rings is 4. The Bertz CT molecular complexity index is 1570. The summed E-state index contributed by atoms with van der Waals surface area (Å²) < 4.78 is 0. The molecule has 0 atom stereocenters. The van der Waals surface area contributed by atoms with Crippen LogP contribution in [0.5, 0.6) is 0 Å². The van der Waals surface area contributed by atoms with Crippen molar-refractivity contribution in [2.45, 2.75) is 0 Å². The minimum atomic E-state index is -3.60. The second-order valence-electron chi connectivity index (χ2n) is 8.80. The molecule has 4 aromatic rings. The smallest absolute Gasteiger partial charge is 0.123 e. The van der Waals surface area contributed by atoms with Crippen molar-refractivity contribution in [3.8, 4) is 0 Å². The van der Waals surface area contributed by atoms with Gasteiger partial charge in [-0.15, -0.1) is 0 Å². The number of rotatable bonds is 4. The fourth-order valence-electron chi connectivity index (χ4n) is 4.87. The van der Waals surface area contributed by atoms with Crippen LogP contribution < -0.4 is 21.9 Å². The molecular formula is C24BCl20-. The van der Waals surface area contributed by atoms with E-state index in [1.165, 1.54) is 0 Å². The van der Waals surface area contributed by atoms with Crippen LogP contribution in [-0.2, 0) is 0 Å². The molecule has 0 aliphatic heterocycles. The average molecular weight is 1010 g/mol. The average Bonchev–Trinajstić information content (AvgIpc) is 3.00. The summed E-state index contributed by atoms with van der Waals surface area (Å²) in [6.07, 6.45) is -3.60. The lowest BCUT2D eigenvalue weighted by atomic mass is 9.12. The van der Waals surface area contributed by atoms with Gasteiger partial charge in [-0.3, -0.25) is 0 Å². The highest BCUT2D eigenvalue weighted by molar-refractivity contribution is 7.25.